The van der Waals surface area contributed by atoms with Gasteiger partial charge in [0.25, 0.3) is 0 Å². The van der Waals surface area contributed by atoms with Crippen LogP contribution in [0.3, 0.4) is 0 Å². The lowest BCUT2D eigenvalue weighted by Gasteiger charge is -2.13. The van der Waals surface area contributed by atoms with Crippen LogP contribution in [0.15, 0.2) is 42.5 Å². The first-order valence-electron chi connectivity index (χ1n) is 5.04. The van der Waals surface area contributed by atoms with Crippen molar-refractivity contribution in [3.63, 3.8) is 0 Å². The highest BCUT2D eigenvalue weighted by molar-refractivity contribution is 6.42. The van der Waals surface area contributed by atoms with Crippen molar-refractivity contribution < 1.29 is 4.39 Å². The lowest BCUT2D eigenvalue weighted by atomic mass is 10.00. The molecule has 1 atom stereocenters. The number of benzene rings is 2. The zero-order valence-corrected chi connectivity index (χ0v) is 10.3. The maximum Gasteiger partial charge on any atom is 0.123 e. The number of hydrogen-bond acceptors (Lipinski definition) is 1. The third kappa shape index (κ3) is 2.78. The van der Waals surface area contributed by atoms with Crippen LogP contribution in [0.2, 0.25) is 10.0 Å². The van der Waals surface area contributed by atoms with Gasteiger partial charge >= 0.3 is 0 Å². The molecule has 4 heteroatoms. The van der Waals surface area contributed by atoms with Gasteiger partial charge in [0.1, 0.15) is 5.82 Å². The van der Waals surface area contributed by atoms with E-state index < -0.39 is 6.04 Å². The zero-order valence-electron chi connectivity index (χ0n) is 8.83. The molecule has 0 heterocycles. The molecule has 1 unspecified atom stereocenters. The molecule has 17 heavy (non-hydrogen) atoms. The minimum absolute atomic E-state index is 0.307. The van der Waals surface area contributed by atoms with E-state index in [1.165, 1.54) is 12.1 Å². The first kappa shape index (κ1) is 12.4. The van der Waals surface area contributed by atoms with Crippen LogP contribution in [0.25, 0.3) is 0 Å². The zero-order chi connectivity index (χ0) is 12.4. The van der Waals surface area contributed by atoms with Gasteiger partial charge in [-0.1, -0.05) is 41.4 Å². The fraction of sp³-hybridized carbons (Fsp3) is 0.0769. The number of rotatable bonds is 2. The molecule has 0 fully saturated rings. The van der Waals surface area contributed by atoms with Gasteiger partial charge in [-0.15, -0.1) is 0 Å². The van der Waals surface area contributed by atoms with Gasteiger partial charge in [-0.2, -0.15) is 0 Å². The van der Waals surface area contributed by atoms with Crippen LogP contribution in [0.5, 0.6) is 0 Å². The minimum atomic E-state index is -0.416. The van der Waals surface area contributed by atoms with Gasteiger partial charge in [0.15, 0.2) is 0 Å². The molecule has 0 aliphatic heterocycles. The van der Waals surface area contributed by atoms with Gasteiger partial charge < -0.3 is 5.73 Å². The van der Waals surface area contributed by atoms with Crippen LogP contribution in [0.1, 0.15) is 17.2 Å². The lowest BCUT2D eigenvalue weighted by Crippen LogP contribution is -2.11. The molecule has 0 saturated heterocycles. The van der Waals surface area contributed by atoms with Crippen molar-refractivity contribution in [3.8, 4) is 0 Å². The molecule has 0 radical (unpaired) electrons. The first-order valence-corrected chi connectivity index (χ1v) is 5.79. The molecule has 1 nitrogen and oxygen atoms in total. The molecule has 0 amide bonds. The maximum absolute atomic E-state index is 13.1. The Morgan fingerprint density at radius 1 is 0.941 bits per heavy atom. The molecule has 0 aromatic heterocycles. The summed E-state index contributed by atoms with van der Waals surface area (Å²) < 4.78 is 13.1. The predicted molar refractivity (Wildman–Crippen MR) is 68.9 cm³/mol. The van der Waals surface area contributed by atoms with Crippen LogP contribution < -0.4 is 5.73 Å². The van der Waals surface area contributed by atoms with E-state index in [0.717, 1.165) is 5.56 Å². The summed E-state index contributed by atoms with van der Waals surface area (Å²) in [5, 5.41) is 0.915. The van der Waals surface area contributed by atoms with Gasteiger partial charge in [-0.25, -0.2) is 4.39 Å². The van der Waals surface area contributed by atoms with E-state index in [0.29, 0.717) is 15.6 Å². The molecule has 0 saturated carbocycles. The summed E-state index contributed by atoms with van der Waals surface area (Å²) in [4.78, 5) is 0. The van der Waals surface area contributed by atoms with Crippen LogP contribution in [-0.2, 0) is 0 Å². The quantitative estimate of drug-likeness (QED) is 0.870. The van der Waals surface area contributed by atoms with Gasteiger partial charge in [0.2, 0.25) is 0 Å². The number of halogens is 3. The van der Waals surface area contributed by atoms with E-state index in [1.807, 2.05) is 0 Å². The Morgan fingerprint density at radius 3 is 2.29 bits per heavy atom. The normalized spacial score (nSPS) is 12.5. The highest BCUT2D eigenvalue weighted by Crippen LogP contribution is 2.27. The molecule has 0 aliphatic carbocycles. The van der Waals surface area contributed by atoms with Crippen molar-refractivity contribution in [1.29, 1.82) is 0 Å². The molecule has 2 rings (SSSR count). The highest BCUT2D eigenvalue weighted by atomic mass is 35.5. The van der Waals surface area contributed by atoms with E-state index in [9.17, 15) is 4.39 Å². The van der Waals surface area contributed by atoms with Gasteiger partial charge in [0, 0.05) is 0 Å². The summed E-state index contributed by atoms with van der Waals surface area (Å²) in [6.07, 6.45) is 0. The molecule has 0 bridgehead atoms. The fourth-order valence-electron chi connectivity index (χ4n) is 1.60. The second-order valence-corrected chi connectivity index (χ2v) is 4.52. The second-order valence-electron chi connectivity index (χ2n) is 3.71. The second kappa shape index (κ2) is 5.05. The summed E-state index contributed by atoms with van der Waals surface area (Å²) in [5.74, 6) is -0.307. The van der Waals surface area contributed by atoms with Gasteiger partial charge in [-0.3, -0.25) is 0 Å². The summed E-state index contributed by atoms with van der Waals surface area (Å²) in [7, 11) is 0. The summed E-state index contributed by atoms with van der Waals surface area (Å²) in [6.45, 7) is 0. The van der Waals surface area contributed by atoms with Crippen molar-refractivity contribution in [3.05, 3.63) is 69.5 Å². The smallest absolute Gasteiger partial charge is 0.123 e. The Kier molecular flexibility index (Phi) is 3.67. The Hall–Kier alpha value is -1.09. The van der Waals surface area contributed by atoms with Crippen LogP contribution in [0.4, 0.5) is 4.39 Å². The number of nitrogens with two attached hydrogens (primary N) is 1. The predicted octanol–water partition coefficient (Wildman–Crippen LogP) is 4.18. The SMILES string of the molecule is NC(c1cccc(F)c1)c1ccc(Cl)c(Cl)c1. The molecular weight excluding hydrogens is 260 g/mol. The third-order valence-electron chi connectivity index (χ3n) is 2.51. The fourth-order valence-corrected chi connectivity index (χ4v) is 1.90. The number of hydrogen-bond donors (Lipinski definition) is 1. The Morgan fingerprint density at radius 2 is 1.65 bits per heavy atom. The van der Waals surface area contributed by atoms with Crippen molar-refractivity contribution >= 4 is 23.2 Å². The maximum atomic E-state index is 13.1. The topological polar surface area (TPSA) is 26.0 Å². The van der Waals surface area contributed by atoms with Crippen LogP contribution in [-0.4, -0.2) is 0 Å². The van der Waals surface area contributed by atoms with E-state index in [1.54, 1.807) is 30.3 Å². The molecule has 88 valence electrons. The molecular formula is C13H10Cl2FN. The molecule has 2 aromatic carbocycles. The average molecular weight is 270 g/mol. The largest absolute Gasteiger partial charge is 0.320 e. The van der Waals surface area contributed by atoms with Crippen molar-refractivity contribution in [2.75, 3.05) is 0 Å². The van der Waals surface area contributed by atoms with Crippen molar-refractivity contribution in [1.82, 2.24) is 0 Å². The molecule has 2 N–H and O–H groups in total. The minimum Gasteiger partial charge on any atom is -0.320 e. The lowest BCUT2D eigenvalue weighted by molar-refractivity contribution is 0.623. The Balaban J connectivity index is 2.36. The van der Waals surface area contributed by atoms with Crippen molar-refractivity contribution in [2.24, 2.45) is 5.73 Å². The third-order valence-corrected chi connectivity index (χ3v) is 3.25. The first-order chi connectivity index (χ1) is 8.08. The van der Waals surface area contributed by atoms with Gasteiger partial charge in [0.05, 0.1) is 16.1 Å². The average Bonchev–Trinajstić information content (AvgIpc) is 2.32. The van der Waals surface area contributed by atoms with E-state index in [2.05, 4.69) is 0 Å². The summed E-state index contributed by atoms with van der Waals surface area (Å²) in [5.41, 5.74) is 7.53. The summed E-state index contributed by atoms with van der Waals surface area (Å²) >= 11 is 11.7. The Bertz CT molecular complexity index is 543. The van der Waals surface area contributed by atoms with Crippen LogP contribution in [0, 0.1) is 5.82 Å². The standard InChI is InChI=1S/C13H10Cl2FN/c14-11-5-4-9(7-12(11)15)13(17)8-2-1-3-10(16)6-8/h1-7,13H,17H2. The van der Waals surface area contributed by atoms with Crippen molar-refractivity contribution in [2.45, 2.75) is 6.04 Å². The molecule has 0 spiro atoms. The van der Waals surface area contributed by atoms with Gasteiger partial charge in [-0.05, 0) is 35.4 Å². The molecule has 0 aliphatic rings. The molecule has 2 aromatic rings. The van der Waals surface area contributed by atoms with E-state index in [4.69, 9.17) is 28.9 Å². The highest BCUT2D eigenvalue weighted by Gasteiger charge is 2.11. The Labute approximate surface area is 109 Å². The van der Waals surface area contributed by atoms with Crippen LogP contribution >= 0.6 is 23.2 Å². The van der Waals surface area contributed by atoms with E-state index in [-0.39, 0.29) is 5.82 Å². The monoisotopic (exact) mass is 269 g/mol. The van der Waals surface area contributed by atoms with E-state index >= 15 is 0 Å². The summed E-state index contributed by atoms with van der Waals surface area (Å²) in [6, 6.07) is 10.9.